The molecule has 3 N–H and O–H groups in total. The van der Waals surface area contributed by atoms with Gasteiger partial charge in [0.05, 0.1) is 16.8 Å². The molecule has 9 heteroatoms. The van der Waals surface area contributed by atoms with Crippen molar-refractivity contribution >= 4 is 28.9 Å². The van der Waals surface area contributed by atoms with E-state index in [-0.39, 0.29) is 23.7 Å². The van der Waals surface area contributed by atoms with E-state index in [2.05, 4.69) is 20.9 Å². The summed E-state index contributed by atoms with van der Waals surface area (Å²) in [5, 5.41) is 8.45. The molecule has 4 rings (SSSR count). The van der Waals surface area contributed by atoms with Gasteiger partial charge in [-0.3, -0.25) is 14.6 Å². The van der Waals surface area contributed by atoms with Crippen molar-refractivity contribution in [1.29, 1.82) is 0 Å². The van der Waals surface area contributed by atoms with E-state index in [4.69, 9.17) is 0 Å². The summed E-state index contributed by atoms with van der Waals surface area (Å²) in [5.41, 5.74) is 1.72. The van der Waals surface area contributed by atoms with Crippen LogP contribution in [0.5, 0.6) is 0 Å². The van der Waals surface area contributed by atoms with E-state index >= 15 is 0 Å². The Kier molecular flexibility index (Phi) is 7.29. The molecule has 0 radical (unpaired) electrons. The van der Waals surface area contributed by atoms with E-state index < -0.39 is 17.6 Å². The average Bonchev–Trinajstić information content (AvgIpc) is 2.88. The minimum absolute atomic E-state index is 0.210. The Morgan fingerprint density at radius 1 is 0.778 bits per heavy atom. The average molecular weight is 490 g/mol. The highest BCUT2D eigenvalue weighted by Crippen LogP contribution is 2.32. The van der Waals surface area contributed by atoms with Crippen LogP contribution >= 0.6 is 0 Å². The number of rotatable bonds is 7. The number of nitrogens with zero attached hydrogens (tertiary/aromatic N) is 1. The number of alkyl halides is 3. The SMILES string of the molecule is O=C(NCc1ccc(NC(=O)c2ccccc2Nc2cccc(C(F)(F)F)c2)cc1)c1ccccn1. The number of halogens is 3. The molecule has 4 aromatic rings. The first-order valence-corrected chi connectivity index (χ1v) is 10.9. The molecular formula is C27H21F3N4O2. The summed E-state index contributed by atoms with van der Waals surface area (Å²) in [6.45, 7) is 0.285. The third-order valence-corrected chi connectivity index (χ3v) is 5.20. The summed E-state index contributed by atoms with van der Waals surface area (Å²) in [4.78, 5) is 29.0. The number of carbonyl (C=O) groups is 2. The highest BCUT2D eigenvalue weighted by atomic mass is 19.4. The standard InChI is InChI=1S/C27H21F3N4O2/c28-27(29,30)19-6-5-7-21(16-19)33-23-9-2-1-8-22(23)25(35)34-20-13-11-18(12-14-20)17-32-26(36)24-10-3-4-15-31-24/h1-16,33H,17H2,(H,32,36)(H,34,35). The third-order valence-electron chi connectivity index (χ3n) is 5.20. The van der Waals surface area contributed by atoms with Crippen molar-refractivity contribution in [2.75, 3.05) is 10.6 Å². The quantitative estimate of drug-likeness (QED) is 0.296. The maximum Gasteiger partial charge on any atom is 0.416 e. The summed E-state index contributed by atoms with van der Waals surface area (Å²) in [5.74, 6) is -0.723. The first-order chi connectivity index (χ1) is 17.3. The molecule has 1 aromatic heterocycles. The summed E-state index contributed by atoms with van der Waals surface area (Å²) in [7, 11) is 0. The molecule has 3 aromatic carbocycles. The molecule has 6 nitrogen and oxygen atoms in total. The van der Waals surface area contributed by atoms with Gasteiger partial charge in [0.25, 0.3) is 11.8 Å². The van der Waals surface area contributed by atoms with E-state index in [1.165, 1.54) is 12.1 Å². The maximum atomic E-state index is 13.0. The van der Waals surface area contributed by atoms with Gasteiger partial charge in [-0.2, -0.15) is 13.2 Å². The van der Waals surface area contributed by atoms with E-state index in [1.54, 1.807) is 72.9 Å². The van der Waals surface area contributed by atoms with Crippen LogP contribution in [0.4, 0.5) is 30.2 Å². The second-order valence-electron chi connectivity index (χ2n) is 7.80. The highest BCUT2D eigenvalue weighted by Gasteiger charge is 2.30. The molecular weight excluding hydrogens is 469 g/mol. The zero-order valence-corrected chi connectivity index (χ0v) is 18.8. The van der Waals surface area contributed by atoms with Gasteiger partial charge in [-0.1, -0.05) is 36.4 Å². The molecule has 182 valence electrons. The number of anilines is 3. The third kappa shape index (κ3) is 6.26. The number of hydrogen-bond acceptors (Lipinski definition) is 4. The molecule has 0 saturated carbocycles. The van der Waals surface area contributed by atoms with Crippen LogP contribution in [0.1, 0.15) is 32.0 Å². The van der Waals surface area contributed by atoms with Gasteiger partial charge in [0, 0.05) is 24.1 Å². The van der Waals surface area contributed by atoms with Crippen LogP contribution in [0, 0.1) is 0 Å². The lowest BCUT2D eigenvalue weighted by Crippen LogP contribution is -2.23. The Morgan fingerprint density at radius 3 is 2.25 bits per heavy atom. The summed E-state index contributed by atoms with van der Waals surface area (Å²) in [6, 6.07) is 23.3. The zero-order valence-electron chi connectivity index (χ0n) is 18.8. The Labute approximate surface area is 205 Å². The van der Waals surface area contributed by atoms with Crippen LogP contribution in [0.3, 0.4) is 0 Å². The molecule has 0 atom stereocenters. The van der Waals surface area contributed by atoms with E-state index in [9.17, 15) is 22.8 Å². The summed E-state index contributed by atoms with van der Waals surface area (Å²) >= 11 is 0. The van der Waals surface area contributed by atoms with Gasteiger partial charge < -0.3 is 16.0 Å². The number of pyridine rings is 1. The van der Waals surface area contributed by atoms with Crippen LogP contribution in [-0.2, 0) is 12.7 Å². The molecule has 0 aliphatic rings. The van der Waals surface area contributed by atoms with Gasteiger partial charge in [0.2, 0.25) is 0 Å². The fourth-order valence-electron chi connectivity index (χ4n) is 3.39. The van der Waals surface area contributed by atoms with E-state index in [0.717, 1.165) is 17.7 Å². The van der Waals surface area contributed by atoms with Crippen molar-refractivity contribution in [3.63, 3.8) is 0 Å². The Balaban J connectivity index is 1.40. The fourth-order valence-corrected chi connectivity index (χ4v) is 3.39. The Hall–Kier alpha value is -4.66. The minimum atomic E-state index is -4.47. The molecule has 0 spiro atoms. The van der Waals surface area contributed by atoms with Crippen molar-refractivity contribution in [3.05, 3.63) is 120 Å². The lowest BCUT2D eigenvalue weighted by atomic mass is 10.1. The number of benzene rings is 3. The van der Waals surface area contributed by atoms with Gasteiger partial charge in [-0.05, 0) is 60.2 Å². The largest absolute Gasteiger partial charge is 0.416 e. The van der Waals surface area contributed by atoms with Crippen molar-refractivity contribution in [2.24, 2.45) is 0 Å². The van der Waals surface area contributed by atoms with Crippen molar-refractivity contribution in [2.45, 2.75) is 12.7 Å². The zero-order chi connectivity index (χ0) is 25.5. The van der Waals surface area contributed by atoms with E-state index in [0.29, 0.717) is 17.1 Å². The Morgan fingerprint density at radius 2 is 1.53 bits per heavy atom. The van der Waals surface area contributed by atoms with Crippen LogP contribution in [0.15, 0.2) is 97.2 Å². The monoisotopic (exact) mass is 490 g/mol. The number of hydrogen-bond donors (Lipinski definition) is 3. The molecule has 0 fully saturated rings. The number of nitrogens with one attached hydrogen (secondary N) is 3. The van der Waals surface area contributed by atoms with Crippen LogP contribution in [0.25, 0.3) is 0 Å². The topological polar surface area (TPSA) is 83.1 Å². The molecule has 0 aliphatic heterocycles. The van der Waals surface area contributed by atoms with Gasteiger partial charge in [-0.25, -0.2) is 0 Å². The number of amides is 2. The fraction of sp³-hybridized carbons (Fsp3) is 0.0741. The summed E-state index contributed by atoms with van der Waals surface area (Å²) in [6.07, 6.45) is -2.93. The molecule has 0 saturated heterocycles. The minimum Gasteiger partial charge on any atom is -0.355 e. The summed E-state index contributed by atoms with van der Waals surface area (Å²) < 4.78 is 39.1. The van der Waals surface area contributed by atoms with Crippen LogP contribution in [-0.4, -0.2) is 16.8 Å². The number of para-hydroxylation sites is 1. The number of carbonyl (C=O) groups excluding carboxylic acids is 2. The van der Waals surface area contributed by atoms with Crippen LogP contribution in [0.2, 0.25) is 0 Å². The van der Waals surface area contributed by atoms with Gasteiger partial charge in [0.15, 0.2) is 0 Å². The highest BCUT2D eigenvalue weighted by molar-refractivity contribution is 6.08. The van der Waals surface area contributed by atoms with Crippen molar-refractivity contribution in [3.8, 4) is 0 Å². The second-order valence-corrected chi connectivity index (χ2v) is 7.80. The molecule has 0 unspecified atom stereocenters. The molecule has 36 heavy (non-hydrogen) atoms. The first kappa shape index (κ1) is 24.5. The second kappa shape index (κ2) is 10.7. The number of aromatic nitrogens is 1. The lowest BCUT2D eigenvalue weighted by Gasteiger charge is -2.14. The van der Waals surface area contributed by atoms with Gasteiger partial charge in [-0.15, -0.1) is 0 Å². The van der Waals surface area contributed by atoms with E-state index in [1.807, 2.05) is 0 Å². The first-order valence-electron chi connectivity index (χ1n) is 10.9. The van der Waals surface area contributed by atoms with Gasteiger partial charge in [0.1, 0.15) is 5.69 Å². The lowest BCUT2D eigenvalue weighted by molar-refractivity contribution is -0.137. The van der Waals surface area contributed by atoms with Crippen LogP contribution < -0.4 is 16.0 Å². The van der Waals surface area contributed by atoms with Gasteiger partial charge >= 0.3 is 6.18 Å². The normalized spacial score (nSPS) is 11.0. The van der Waals surface area contributed by atoms with Crippen molar-refractivity contribution < 1.29 is 22.8 Å². The van der Waals surface area contributed by atoms with Crippen molar-refractivity contribution in [1.82, 2.24) is 10.3 Å². The molecule has 0 bridgehead atoms. The Bertz CT molecular complexity index is 1360. The molecule has 0 aliphatic carbocycles. The smallest absolute Gasteiger partial charge is 0.355 e. The predicted octanol–water partition coefficient (Wildman–Crippen LogP) is 6.03. The predicted molar refractivity (Wildman–Crippen MR) is 131 cm³/mol. The molecule has 1 heterocycles. The maximum absolute atomic E-state index is 13.0. The molecule has 2 amide bonds.